The number of nitrogens with one attached hydrogen (secondary N) is 2. The van der Waals surface area contributed by atoms with Gasteiger partial charge in [-0.05, 0) is 25.1 Å². The molecule has 178 valence electrons. The number of nitrogens with zero attached hydrogens (tertiary/aromatic N) is 5. The maximum Gasteiger partial charge on any atom is 0.404 e. The second-order valence-corrected chi connectivity index (χ2v) is 8.09. The Morgan fingerprint density at radius 2 is 2.18 bits per heavy atom. The van der Waals surface area contributed by atoms with E-state index >= 15 is 0 Å². The SMILES string of the molecule is C[C@@H]1Cc2nn3c(c2CN1C(=O)Nc1ccc(F)c(C#N)c1)C(=O)N(C)O[C@@H](CNC(=O)O)C3. The van der Waals surface area contributed by atoms with Gasteiger partial charge in [-0.1, -0.05) is 0 Å². The van der Waals surface area contributed by atoms with Crippen LogP contribution in [0.25, 0.3) is 0 Å². The highest BCUT2D eigenvalue weighted by Gasteiger charge is 2.37. The molecule has 3 N–H and O–H groups in total. The minimum absolute atomic E-state index is 0.0375. The first kappa shape index (κ1) is 23.0. The number of hydrogen-bond donors (Lipinski definition) is 3. The smallest absolute Gasteiger partial charge is 0.404 e. The Bertz CT molecular complexity index is 1210. The standard InChI is InChI=1S/C21H22FN7O5/c1-11-5-17-15(10-28(11)20(31)25-13-3-4-16(22)12(6-13)7-23)18-19(30)27(2)34-14(8-24-21(32)33)9-29(18)26-17/h3-4,6,11,14,24H,5,8-10H2,1-2H3,(H,25,31)(H,32,33)/t11-,14+/m1/s1. The van der Waals surface area contributed by atoms with Gasteiger partial charge in [0.2, 0.25) is 0 Å². The number of amides is 4. The molecule has 2 aliphatic rings. The molecule has 3 heterocycles. The normalized spacial score (nSPS) is 19.5. The van der Waals surface area contributed by atoms with E-state index in [2.05, 4.69) is 15.7 Å². The molecule has 0 unspecified atom stereocenters. The highest BCUT2D eigenvalue weighted by Crippen LogP contribution is 2.29. The Morgan fingerprint density at radius 3 is 2.88 bits per heavy atom. The molecular weight excluding hydrogens is 449 g/mol. The molecule has 12 nitrogen and oxygen atoms in total. The van der Waals surface area contributed by atoms with Crippen molar-refractivity contribution in [1.82, 2.24) is 25.1 Å². The van der Waals surface area contributed by atoms with Crippen molar-refractivity contribution in [3.8, 4) is 6.07 Å². The highest BCUT2D eigenvalue weighted by molar-refractivity contribution is 5.94. The number of carboxylic acid groups (broad SMARTS) is 1. The zero-order valence-electron chi connectivity index (χ0n) is 18.4. The van der Waals surface area contributed by atoms with E-state index in [0.29, 0.717) is 17.7 Å². The third kappa shape index (κ3) is 4.35. The number of carbonyl (C=O) groups is 3. The van der Waals surface area contributed by atoms with Gasteiger partial charge in [0.25, 0.3) is 5.91 Å². The lowest BCUT2D eigenvalue weighted by Crippen LogP contribution is -2.45. The monoisotopic (exact) mass is 471 g/mol. The van der Waals surface area contributed by atoms with Crippen LogP contribution in [0, 0.1) is 17.1 Å². The second-order valence-electron chi connectivity index (χ2n) is 8.09. The number of carbonyl (C=O) groups excluding carboxylic acids is 2. The molecule has 2 atom stereocenters. The summed E-state index contributed by atoms with van der Waals surface area (Å²) in [4.78, 5) is 44.0. The summed E-state index contributed by atoms with van der Waals surface area (Å²) in [6.07, 6.45) is -1.47. The number of anilines is 1. The molecule has 0 aliphatic carbocycles. The van der Waals surface area contributed by atoms with Crippen molar-refractivity contribution in [3.63, 3.8) is 0 Å². The average molecular weight is 471 g/mol. The van der Waals surface area contributed by atoms with E-state index in [-0.39, 0.29) is 42.6 Å². The fourth-order valence-corrected chi connectivity index (χ4v) is 4.07. The van der Waals surface area contributed by atoms with Crippen LogP contribution >= 0.6 is 0 Å². The van der Waals surface area contributed by atoms with E-state index in [4.69, 9.17) is 15.2 Å². The van der Waals surface area contributed by atoms with Crippen molar-refractivity contribution >= 4 is 23.7 Å². The van der Waals surface area contributed by atoms with Gasteiger partial charge in [0, 0.05) is 30.8 Å². The Morgan fingerprint density at radius 1 is 1.41 bits per heavy atom. The zero-order chi connectivity index (χ0) is 24.6. The van der Waals surface area contributed by atoms with Crippen LogP contribution in [0.15, 0.2) is 18.2 Å². The molecule has 0 spiro atoms. The summed E-state index contributed by atoms with van der Waals surface area (Å²) in [5.74, 6) is -1.14. The molecule has 2 aliphatic heterocycles. The van der Waals surface area contributed by atoms with Crippen LogP contribution in [0.4, 0.5) is 19.7 Å². The van der Waals surface area contributed by atoms with Crippen molar-refractivity contribution < 1.29 is 28.7 Å². The predicted octanol–water partition coefficient (Wildman–Crippen LogP) is 1.53. The summed E-state index contributed by atoms with van der Waals surface area (Å²) < 4.78 is 15.1. The Hall–Kier alpha value is -4.18. The van der Waals surface area contributed by atoms with Crippen LogP contribution in [-0.4, -0.2) is 68.6 Å². The molecule has 2 aromatic rings. The summed E-state index contributed by atoms with van der Waals surface area (Å²) in [6.45, 7) is 2.05. The third-order valence-corrected chi connectivity index (χ3v) is 5.74. The molecule has 0 saturated carbocycles. The van der Waals surface area contributed by atoms with Gasteiger partial charge in [0.1, 0.15) is 23.7 Å². The summed E-state index contributed by atoms with van der Waals surface area (Å²) in [5, 5.41) is 28.4. The Labute approximate surface area is 193 Å². The Balaban J connectivity index is 1.58. The fourth-order valence-electron chi connectivity index (χ4n) is 4.07. The largest absolute Gasteiger partial charge is 0.465 e. The Kier molecular flexibility index (Phi) is 6.08. The molecule has 1 aromatic carbocycles. The van der Waals surface area contributed by atoms with Crippen LogP contribution < -0.4 is 10.6 Å². The van der Waals surface area contributed by atoms with E-state index in [1.165, 1.54) is 28.8 Å². The molecule has 13 heteroatoms. The molecule has 0 bridgehead atoms. The molecule has 1 aromatic heterocycles. The topological polar surface area (TPSA) is 153 Å². The lowest BCUT2D eigenvalue weighted by molar-refractivity contribution is -0.146. The van der Waals surface area contributed by atoms with E-state index in [1.807, 2.05) is 6.92 Å². The minimum atomic E-state index is -1.21. The van der Waals surface area contributed by atoms with E-state index in [1.54, 1.807) is 6.07 Å². The maximum absolute atomic E-state index is 13.6. The first-order chi connectivity index (χ1) is 16.2. The lowest BCUT2D eigenvalue weighted by Gasteiger charge is -2.33. The molecule has 4 rings (SSSR count). The van der Waals surface area contributed by atoms with E-state index in [9.17, 15) is 18.8 Å². The van der Waals surface area contributed by atoms with Gasteiger partial charge in [-0.25, -0.2) is 19.0 Å². The number of nitriles is 1. The van der Waals surface area contributed by atoms with E-state index < -0.39 is 30.0 Å². The van der Waals surface area contributed by atoms with Crippen molar-refractivity contribution in [2.24, 2.45) is 0 Å². The zero-order valence-corrected chi connectivity index (χ0v) is 18.4. The van der Waals surface area contributed by atoms with Gasteiger partial charge in [-0.3, -0.25) is 14.3 Å². The number of benzene rings is 1. The molecule has 0 fully saturated rings. The van der Waals surface area contributed by atoms with Crippen molar-refractivity contribution in [2.75, 3.05) is 18.9 Å². The van der Waals surface area contributed by atoms with Crippen LogP contribution in [0.2, 0.25) is 0 Å². The van der Waals surface area contributed by atoms with Crippen LogP contribution in [0.3, 0.4) is 0 Å². The molecule has 0 radical (unpaired) electrons. The predicted molar refractivity (Wildman–Crippen MR) is 114 cm³/mol. The number of urea groups is 1. The van der Waals surface area contributed by atoms with Gasteiger partial charge >= 0.3 is 12.1 Å². The lowest BCUT2D eigenvalue weighted by atomic mass is 9.99. The number of fused-ring (bicyclic) bond motifs is 3. The van der Waals surface area contributed by atoms with Gasteiger partial charge < -0.3 is 20.6 Å². The van der Waals surface area contributed by atoms with Crippen molar-refractivity contribution in [1.29, 1.82) is 5.26 Å². The summed E-state index contributed by atoms with van der Waals surface area (Å²) in [7, 11) is 1.43. The van der Waals surface area contributed by atoms with Crippen molar-refractivity contribution in [3.05, 3.63) is 46.5 Å². The first-order valence-corrected chi connectivity index (χ1v) is 10.4. The quantitative estimate of drug-likeness (QED) is 0.614. The van der Waals surface area contributed by atoms with Crippen LogP contribution in [0.1, 0.15) is 34.2 Å². The van der Waals surface area contributed by atoms with Gasteiger partial charge in [-0.2, -0.15) is 10.4 Å². The maximum atomic E-state index is 13.6. The van der Waals surface area contributed by atoms with E-state index in [0.717, 1.165) is 11.1 Å². The highest BCUT2D eigenvalue weighted by atomic mass is 19.1. The van der Waals surface area contributed by atoms with Crippen LogP contribution in [0.5, 0.6) is 0 Å². The van der Waals surface area contributed by atoms with Crippen molar-refractivity contribution in [2.45, 2.75) is 38.6 Å². The molecule has 0 saturated heterocycles. The summed E-state index contributed by atoms with van der Waals surface area (Å²) >= 11 is 0. The number of hydrogen-bond acceptors (Lipinski definition) is 6. The first-order valence-electron chi connectivity index (χ1n) is 10.4. The summed E-state index contributed by atoms with van der Waals surface area (Å²) in [6, 6.07) is 4.73. The molecule has 34 heavy (non-hydrogen) atoms. The third-order valence-electron chi connectivity index (χ3n) is 5.74. The summed E-state index contributed by atoms with van der Waals surface area (Å²) in [5.41, 5.74) is 1.61. The number of halogens is 1. The van der Waals surface area contributed by atoms with Gasteiger partial charge in [0.05, 0.1) is 30.9 Å². The van der Waals surface area contributed by atoms with Gasteiger partial charge in [-0.15, -0.1) is 0 Å². The molecular formula is C21H22FN7O5. The number of hydroxylamine groups is 2. The fraction of sp³-hybridized carbons (Fsp3) is 0.381. The molecule has 4 amide bonds. The second kappa shape index (κ2) is 8.99. The average Bonchev–Trinajstić information content (AvgIpc) is 3.07. The number of rotatable bonds is 3. The van der Waals surface area contributed by atoms with Gasteiger partial charge in [0.15, 0.2) is 0 Å². The minimum Gasteiger partial charge on any atom is -0.465 e. The van der Waals surface area contributed by atoms with Crippen LogP contribution in [-0.2, 0) is 24.3 Å². The number of aromatic nitrogens is 2.